The molecule has 10 heteroatoms. The van der Waals surface area contributed by atoms with Gasteiger partial charge in [0.05, 0.1) is 49.3 Å². The molecule has 5 aliphatic heterocycles. The molecule has 8 unspecified atom stereocenters. The van der Waals surface area contributed by atoms with Crippen molar-refractivity contribution in [2.45, 2.75) is 152 Å². The van der Waals surface area contributed by atoms with E-state index in [4.69, 9.17) is 0 Å². The van der Waals surface area contributed by atoms with Crippen molar-refractivity contribution in [3.8, 4) is 0 Å². The number of rotatable bonds is 0. The first-order valence-electron chi connectivity index (χ1n) is 17.9. The van der Waals surface area contributed by atoms with Crippen LogP contribution >= 0.6 is 0 Å². The van der Waals surface area contributed by atoms with E-state index in [-0.39, 0.29) is 69.6 Å². The maximum Gasteiger partial charge on any atom is 1.00 e. The summed E-state index contributed by atoms with van der Waals surface area (Å²) in [5.74, 6) is 5.97. The van der Waals surface area contributed by atoms with Gasteiger partial charge < -0.3 is 1.43 Å². The topological polar surface area (TPSA) is 96.2 Å². The summed E-state index contributed by atoms with van der Waals surface area (Å²) in [6.45, 7) is 0. The normalized spacial score (nSPS) is 54.9. The molecule has 4 aliphatic carbocycles. The predicted octanol–water partition coefficient (Wildman–Crippen LogP) is -0.280. The third kappa shape index (κ3) is 5.78. The van der Waals surface area contributed by atoms with Crippen LogP contribution in [0.3, 0.4) is 0 Å². The van der Waals surface area contributed by atoms with Crippen LogP contribution in [0.5, 0.6) is 0 Å². The molecule has 5 saturated heterocycles. The zero-order chi connectivity index (χ0) is 26.2. The Labute approximate surface area is 308 Å². The Bertz CT molecular complexity index is 730. The standard InChI is InChI=1S/C32H56N8.Co.K.H/c1-2-10-18-17(9-1)25-33-26(18)38-28-21-13-5-6-14-22(21)30(35-28)40-32-24-16-8-7-15-23(24)31(36-32)39-29-20-12-4-3-11-19(20)27(34-29)37-25;;;/h17-40H,1-16H2;;;/q;;+1;-1. The summed E-state index contributed by atoms with van der Waals surface area (Å²) < 4.78 is 0. The largest absolute Gasteiger partial charge is 1.00 e. The van der Waals surface area contributed by atoms with E-state index in [1.807, 2.05) is 0 Å². The van der Waals surface area contributed by atoms with Gasteiger partial charge in [0.1, 0.15) is 0 Å². The number of hydrogen-bond donors (Lipinski definition) is 8. The second kappa shape index (κ2) is 13.7. The van der Waals surface area contributed by atoms with Gasteiger partial charge in [0.15, 0.2) is 0 Å². The molecule has 8 nitrogen and oxygen atoms in total. The van der Waals surface area contributed by atoms with Crippen LogP contribution in [0.1, 0.15) is 104 Å². The van der Waals surface area contributed by atoms with E-state index < -0.39 is 0 Å². The van der Waals surface area contributed by atoms with Crippen LogP contribution in [0.25, 0.3) is 0 Å². The minimum absolute atomic E-state index is 0. The Kier molecular flexibility index (Phi) is 10.6. The fourth-order valence-electron chi connectivity index (χ4n) is 12.0. The molecule has 42 heavy (non-hydrogen) atoms. The maximum absolute atomic E-state index is 4.26. The molecule has 8 bridgehead atoms. The van der Waals surface area contributed by atoms with Gasteiger partial charge in [-0.25, -0.2) is 0 Å². The predicted molar refractivity (Wildman–Crippen MR) is 158 cm³/mol. The minimum Gasteiger partial charge on any atom is -1.00 e. The van der Waals surface area contributed by atoms with Crippen molar-refractivity contribution in [3.63, 3.8) is 0 Å². The smallest absolute Gasteiger partial charge is 1.00 e. The van der Waals surface area contributed by atoms with Gasteiger partial charge in [-0.1, -0.05) is 51.4 Å². The second-order valence-corrected chi connectivity index (χ2v) is 15.6. The van der Waals surface area contributed by atoms with Gasteiger partial charge in [0, 0.05) is 16.8 Å². The van der Waals surface area contributed by atoms with Gasteiger partial charge in [-0.15, -0.1) is 0 Å². The van der Waals surface area contributed by atoms with Crippen molar-refractivity contribution in [1.82, 2.24) is 42.5 Å². The summed E-state index contributed by atoms with van der Waals surface area (Å²) in [6, 6.07) is 0. The van der Waals surface area contributed by atoms with Crippen molar-refractivity contribution < 1.29 is 69.6 Å². The van der Waals surface area contributed by atoms with Crippen LogP contribution in [-0.4, -0.2) is 49.3 Å². The average molecular weight is 652 g/mol. The molecule has 0 aromatic rings. The molecule has 8 N–H and O–H groups in total. The van der Waals surface area contributed by atoms with Gasteiger partial charge in [0.2, 0.25) is 0 Å². The SMILES string of the molecule is C1CCC2C3NC(NC4NC(NC5NC(NC6NC(N3)C3CCCCC63)C3CCCCC53)C3CCCCC43)C2C1.[Co].[H-].[K+]. The van der Waals surface area contributed by atoms with Crippen molar-refractivity contribution in [3.05, 3.63) is 0 Å². The molecular weight excluding hydrogens is 594 g/mol. The molecule has 1 radical (unpaired) electrons. The quantitative estimate of drug-likeness (QED) is 0.170. The van der Waals surface area contributed by atoms with Gasteiger partial charge >= 0.3 is 51.4 Å². The van der Waals surface area contributed by atoms with E-state index >= 15 is 0 Å². The first kappa shape index (κ1) is 32.4. The number of nitrogens with one attached hydrogen (secondary N) is 8. The van der Waals surface area contributed by atoms with E-state index in [1.165, 1.54) is 103 Å². The summed E-state index contributed by atoms with van der Waals surface area (Å²) in [4.78, 5) is 0. The van der Waals surface area contributed by atoms with Crippen molar-refractivity contribution in [2.75, 3.05) is 0 Å². The summed E-state index contributed by atoms with van der Waals surface area (Å²) in [7, 11) is 0. The monoisotopic (exact) mass is 651 g/mol. The summed E-state index contributed by atoms with van der Waals surface area (Å²) >= 11 is 0. The van der Waals surface area contributed by atoms with Crippen molar-refractivity contribution in [1.29, 1.82) is 0 Å². The van der Waals surface area contributed by atoms with Crippen molar-refractivity contribution >= 4 is 0 Å². The Morgan fingerprint density at radius 2 is 0.381 bits per heavy atom. The molecular formula is C32H57CoKN8. The van der Waals surface area contributed by atoms with Gasteiger partial charge in [-0.05, 0) is 98.7 Å². The van der Waals surface area contributed by atoms with E-state index in [9.17, 15) is 0 Å². The molecule has 0 aromatic carbocycles. The van der Waals surface area contributed by atoms with Gasteiger partial charge in [-0.3, -0.25) is 42.5 Å². The van der Waals surface area contributed by atoms with Crippen molar-refractivity contribution in [2.24, 2.45) is 47.3 Å². The zero-order valence-electron chi connectivity index (χ0n) is 26.9. The van der Waals surface area contributed by atoms with Gasteiger partial charge in [-0.2, -0.15) is 0 Å². The Hall–Kier alpha value is 1.82. The first-order chi connectivity index (χ1) is 19.8. The fourth-order valence-corrected chi connectivity index (χ4v) is 12.0. The minimum atomic E-state index is 0. The second-order valence-electron chi connectivity index (χ2n) is 15.6. The number of fused-ring (bicyclic) bond motifs is 20. The molecule has 9 fully saturated rings. The van der Waals surface area contributed by atoms with E-state index in [1.54, 1.807) is 0 Å². The van der Waals surface area contributed by atoms with Crippen LogP contribution in [0.2, 0.25) is 0 Å². The first-order valence-corrected chi connectivity index (χ1v) is 17.9. The molecule has 4 saturated carbocycles. The Morgan fingerprint density at radius 1 is 0.262 bits per heavy atom. The van der Waals surface area contributed by atoms with Crippen LogP contribution in [0, 0.1) is 47.3 Å². The molecule has 0 amide bonds. The molecule has 9 rings (SSSR count). The van der Waals surface area contributed by atoms with Crippen LogP contribution in [0.4, 0.5) is 0 Å². The zero-order valence-corrected chi connectivity index (χ0v) is 30.0. The third-order valence-corrected chi connectivity index (χ3v) is 13.8. The van der Waals surface area contributed by atoms with Crippen LogP contribution in [0.15, 0.2) is 0 Å². The summed E-state index contributed by atoms with van der Waals surface area (Å²) in [6.07, 6.45) is 25.6. The molecule has 0 aromatic heterocycles. The third-order valence-electron chi connectivity index (χ3n) is 13.8. The molecule has 5 heterocycles. The average Bonchev–Trinajstić information content (AvgIpc) is 3.73. The molecule has 0 spiro atoms. The van der Waals surface area contributed by atoms with Crippen LogP contribution < -0.4 is 93.9 Å². The van der Waals surface area contributed by atoms with Gasteiger partial charge in [0.25, 0.3) is 0 Å². The fraction of sp³-hybridized carbons (Fsp3) is 1.00. The Balaban J connectivity index is 0.00000110. The van der Waals surface area contributed by atoms with Crippen LogP contribution in [-0.2, 0) is 16.8 Å². The summed E-state index contributed by atoms with van der Waals surface area (Å²) in [5.41, 5.74) is 0. The molecule has 8 atom stereocenters. The number of hydrogen-bond acceptors (Lipinski definition) is 8. The summed E-state index contributed by atoms with van der Waals surface area (Å²) in [5, 5.41) is 33.8. The Morgan fingerprint density at radius 3 is 0.500 bits per heavy atom. The molecule has 9 aliphatic rings. The molecule has 235 valence electrons. The van der Waals surface area contributed by atoms with E-state index in [2.05, 4.69) is 42.5 Å². The van der Waals surface area contributed by atoms with E-state index in [0.29, 0.717) is 49.3 Å². The maximum atomic E-state index is 4.26. The van der Waals surface area contributed by atoms with E-state index in [0.717, 1.165) is 47.3 Å².